The molecule has 1 aliphatic carbocycles. The number of fused-ring (bicyclic) bond motifs is 2. The van der Waals surface area contributed by atoms with Crippen molar-refractivity contribution < 1.29 is 14.0 Å². The van der Waals surface area contributed by atoms with E-state index in [0.29, 0.717) is 0 Å². The summed E-state index contributed by atoms with van der Waals surface area (Å²) in [6, 6.07) is 43.8. The predicted octanol–water partition coefficient (Wildman–Crippen LogP) is 6.65. The molecule has 2 fully saturated rings. The van der Waals surface area contributed by atoms with E-state index in [9.17, 15) is 5.11 Å². The van der Waals surface area contributed by atoms with Crippen molar-refractivity contribution in [3.63, 3.8) is 0 Å². The molecule has 2 N–H and O–H groups in total. The first-order chi connectivity index (χ1) is 23.1. The summed E-state index contributed by atoms with van der Waals surface area (Å²) in [6.07, 6.45) is 0.367. The Bertz CT molecular complexity index is 1600. The summed E-state index contributed by atoms with van der Waals surface area (Å²) in [6.45, 7) is 21.2. The second-order valence-electron chi connectivity index (χ2n) is 17.5. The van der Waals surface area contributed by atoms with Crippen molar-refractivity contribution >= 4 is 37.4 Å². The van der Waals surface area contributed by atoms with E-state index in [-0.39, 0.29) is 46.3 Å². The Balaban J connectivity index is 1.63. The monoisotopic (exact) mass is 691 g/mol. The molecule has 6 rings (SSSR count). The van der Waals surface area contributed by atoms with Crippen molar-refractivity contribution in [2.75, 3.05) is 6.61 Å². The van der Waals surface area contributed by atoms with E-state index in [2.05, 4.69) is 189 Å². The summed E-state index contributed by atoms with van der Waals surface area (Å²) < 4.78 is 16.4. The van der Waals surface area contributed by atoms with Gasteiger partial charge in [0.05, 0.1) is 24.4 Å². The van der Waals surface area contributed by atoms with Crippen LogP contribution in [0.2, 0.25) is 10.1 Å². The minimum atomic E-state index is -3.00. The largest absolute Gasteiger partial charge is 0.401 e. The molecule has 4 aromatic carbocycles. The van der Waals surface area contributed by atoms with Crippen molar-refractivity contribution in [3.05, 3.63) is 121 Å². The number of hydrogen-bond acceptors (Lipinski definition) is 4. The highest BCUT2D eigenvalue weighted by Crippen LogP contribution is 2.57. The summed E-state index contributed by atoms with van der Waals surface area (Å²) in [4.78, 5) is 0. The first-order valence-electron chi connectivity index (χ1n) is 18.1. The minimum absolute atomic E-state index is 0.0645. The molecule has 1 saturated carbocycles. The van der Waals surface area contributed by atoms with Crippen LogP contribution in [0.3, 0.4) is 0 Å². The average molecular weight is 692 g/mol. The Morgan fingerprint density at radius 3 is 1.24 bits per heavy atom. The fraction of sp³-hybridized carbons (Fsp3) is 0.442. The molecule has 49 heavy (non-hydrogen) atoms. The van der Waals surface area contributed by atoms with Crippen LogP contribution in [-0.4, -0.2) is 52.1 Å². The highest BCUT2D eigenvalue weighted by molar-refractivity contribution is 7.00. The van der Waals surface area contributed by atoms with Crippen molar-refractivity contribution in [3.8, 4) is 0 Å². The van der Waals surface area contributed by atoms with Gasteiger partial charge in [-0.2, -0.15) is 0 Å². The van der Waals surface area contributed by atoms with Gasteiger partial charge in [-0.05, 0) is 42.7 Å². The molecule has 260 valence electrons. The van der Waals surface area contributed by atoms with Gasteiger partial charge in [-0.25, -0.2) is 0 Å². The molecule has 0 radical (unpaired) electrons. The Morgan fingerprint density at radius 2 is 0.939 bits per heavy atom. The van der Waals surface area contributed by atoms with E-state index in [1.165, 1.54) is 20.7 Å². The van der Waals surface area contributed by atoms with Crippen LogP contribution in [0.15, 0.2) is 121 Å². The fourth-order valence-electron chi connectivity index (χ4n) is 9.28. The maximum Gasteiger partial charge on any atom is 0.261 e. The fourth-order valence-corrected chi connectivity index (χ4v) is 18.7. The van der Waals surface area contributed by atoms with E-state index in [0.717, 1.165) is 6.42 Å². The molecule has 4 nitrogen and oxygen atoms in total. The van der Waals surface area contributed by atoms with Gasteiger partial charge >= 0.3 is 0 Å². The third-order valence-corrected chi connectivity index (χ3v) is 21.8. The summed E-state index contributed by atoms with van der Waals surface area (Å²) in [7, 11) is -5.98. The molecular weight excluding hydrogens is 635 g/mol. The number of nitrogens with one attached hydrogen (secondary N) is 1. The minimum Gasteiger partial charge on any atom is -0.401 e. The van der Waals surface area contributed by atoms with Crippen LogP contribution in [0.4, 0.5) is 0 Å². The summed E-state index contributed by atoms with van der Waals surface area (Å²) >= 11 is 0. The lowest BCUT2D eigenvalue weighted by Crippen LogP contribution is -2.76. The van der Waals surface area contributed by atoms with E-state index in [4.69, 9.17) is 8.85 Å². The lowest BCUT2D eigenvalue weighted by molar-refractivity contribution is -0.0617. The van der Waals surface area contributed by atoms with E-state index in [1.807, 2.05) is 0 Å². The molecule has 0 aromatic heterocycles. The average Bonchev–Trinajstić information content (AvgIpc) is 3.62. The zero-order chi connectivity index (χ0) is 35.3. The molecule has 0 amide bonds. The highest BCUT2D eigenvalue weighted by atomic mass is 28.4. The van der Waals surface area contributed by atoms with Gasteiger partial charge in [0.2, 0.25) is 0 Å². The number of aliphatic hydroxyl groups excluding tert-OH is 1. The van der Waals surface area contributed by atoms with Gasteiger partial charge in [-0.15, -0.1) is 0 Å². The molecule has 0 unspecified atom stereocenters. The topological polar surface area (TPSA) is 50.7 Å². The van der Waals surface area contributed by atoms with Gasteiger partial charge in [-0.1, -0.05) is 184 Å². The standard InChI is InChI=1S/C43H57NO3Si2/c1-40(2,3)43-30-36(37(31-45)44-43)38(46-48(41(4,5)6,32-22-14-10-15-23-32)33-24-16-11-17-25-33)39(43)47-49(42(7,8)9,34-26-18-12-19-27-34)35-28-20-13-21-29-35/h10-29,36-39,44-45H,30-31H2,1-9H3/t36-,37+,38-,39-,43+/m1/s1. The summed E-state index contributed by atoms with van der Waals surface area (Å²) in [5.74, 6) is 0.0779. The van der Waals surface area contributed by atoms with Crippen LogP contribution >= 0.6 is 0 Å². The maximum absolute atomic E-state index is 10.9. The Morgan fingerprint density at radius 1 is 0.592 bits per heavy atom. The van der Waals surface area contributed by atoms with Crippen LogP contribution in [0.5, 0.6) is 0 Å². The number of benzene rings is 4. The predicted molar refractivity (Wildman–Crippen MR) is 209 cm³/mol. The quantitative estimate of drug-likeness (QED) is 0.193. The SMILES string of the molecule is CC(C)(C)[C@]12C[C@@H]([C@@H](O[Si](c3ccccc3)(c3ccccc3)C(C)(C)C)[C@H]1O[Si](c1ccccc1)(c1ccccc1)C(C)(C)C)[C@H](CO)N2. The molecule has 2 bridgehead atoms. The molecule has 1 aliphatic heterocycles. The first kappa shape index (κ1) is 36.0. The zero-order valence-corrected chi connectivity index (χ0v) is 33.0. The molecule has 4 aromatic rings. The molecule has 0 spiro atoms. The maximum atomic E-state index is 10.9. The van der Waals surface area contributed by atoms with Crippen LogP contribution in [-0.2, 0) is 8.85 Å². The number of piperidine rings is 1. The molecular formula is C43H57NO3Si2. The lowest BCUT2D eigenvalue weighted by Gasteiger charge is -2.56. The van der Waals surface area contributed by atoms with E-state index < -0.39 is 22.2 Å². The number of hydrogen-bond donors (Lipinski definition) is 2. The Kier molecular flexibility index (Phi) is 9.57. The van der Waals surface area contributed by atoms with Gasteiger partial charge in [-0.3, -0.25) is 0 Å². The molecule has 6 heteroatoms. The highest BCUT2D eigenvalue weighted by Gasteiger charge is 2.70. The molecule has 1 heterocycles. The van der Waals surface area contributed by atoms with Gasteiger partial charge in [0, 0.05) is 12.0 Å². The first-order valence-corrected chi connectivity index (χ1v) is 21.9. The third kappa shape index (κ3) is 5.82. The smallest absolute Gasteiger partial charge is 0.261 e. The summed E-state index contributed by atoms with van der Waals surface area (Å²) in [5.41, 5.74) is -0.608. The van der Waals surface area contributed by atoms with Gasteiger partial charge in [0.25, 0.3) is 16.6 Å². The van der Waals surface area contributed by atoms with Gasteiger partial charge < -0.3 is 19.3 Å². The van der Waals surface area contributed by atoms with Crippen molar-refractivity contribution in [1.82, 2.24) is 5.32 Å². The molecule has 1 saturated heterocycles. The van der Waals surface area contributed by atoms with Crippen molar-refractivity contribution in [1.29, 1.82) is 0 Å². The van der Waals surface area contributed by atoms with E-state index in [1.54, 1.807) is 0 Å². The molecule has 2 aliphatic rings. The Labute approximate surface area is 297 Å². The van der Waals surface area contributed by atoms with Gasteiger partial charge in [0.15, 0.2) is 0 Å². The van der Waals surface area contributed by atoms with Gasteiger partial charge in [0.1, 0.15) is 0 Å². The summed E-state index contributed by atoms with van der Waals surface area (Å²) in [5, 5.41) is 19.6. The van der Waals surface area contributed by atoms with Crippen molar-refractivity contribution in [2.24, 2.45) is 11.3 Å². The van der Waals surface area contributed by atoms with Crippen LogP contribution in [0.25, 0.3) is 0 Å². The molecule has 5 atom stereocenters. The Hall–Kier alpha value is -2.85. The second-order valence-corrected chi connectivity index (χ2v) is 26.0. The normalized spacial score (nSPS) is 24.7. The zero-order valence-electron chi connectivity index (χ0n) is 31.0. The lowest BCUT2D eigenvalue weighted by atomic mass is 9.71. The van der Waals surface area contributed by atoms with Crippen LogP contribution in [0, 0.1) is 11.3 Å². The third-order valence-electron chi connectivity index (χ3n) is 11.7. The van der Waals surface area contributed by atoms with Crippen LogP contribution in [0.1, 0.15) is 68.7 Å². The number of aliphatic hydroxyl groups is 1. The van der Waals surface area contributed by atoms with Crippen molar-refractivity contribution in [2.45, 2.75) is 103 Å². The second kappa shape index (κ2) is 13.0. The van der Waals surface area contributed by atoms with Crippen LogP contribution < -0.4 is 26.1 Å². The number of rotatable bonds is 9. The van der Waals surface area contributed by atoms with E-state index >= 15 is 0 Å².